The first-order valence-electron chi connectivity index (χ1n) is 6.28. The maximum atomic E-state index is 11.0. The first-order valence-corrected chi connectivity index (χ1v) is 6.73. The predicted molar refractivity (Wildman–Crippen MR) is 81.9 cm³/mol. The number of para-hydroxylation sites is 1. The van der Waals surface area contributed by atoms with Crippen molar-refractivity contribution >= 4 is 23.4 Å². The van der Waals surface area contributed by atoms with Crippen LogP contribution in [-0.2, 0) is 11.2 Å². The number of nitro benzene ring substituents is 1. The Labute approximate surface area is 127 Å². The molecule has 0 N–H and O–H groups in total. The van der Waals surface area contributed by atoms with Gasteiger partial charge in [0.25, 0.3) is 5.69 Å². The highest BCUT2D eigenvalue weighted by Gasteiger charge is 2.15. The number of benzene rings is 2. The zero-order valence-corrected chi connectivity index (χ0v) is 12.0. The van der Waals surface area contributed by atoms with Crippen molar-refractivity contribution in [3.63, 3.8) is 0 Å². The van der Waals surface area contributed by atoms with Gasteiger partial charge in [-0.25, -0.2) is 0 Å². The molecule has 2 rings (SSSR count). The van der Waals surface area contributed by atoms with Gasteiger partial charge in [0.15, 0.2) is 5.12 Å². The van der Waals surface area contributed by atoms with Gasteiger partial charge in [-0.15, -0.1) is 12.6 Å². The minimum Gasteiger partial charge on any atom is -0.457 e. The van der Waals surface area contributed by atoms with Crippen LogP contribution >= 0.6 is 12.6 Å². The monoisotopic (exact) mass is 303 g/mol. The molecule has 108 valence electrons. The van der Waals surface area contributed by atoms with Gasteiger partial charge in [0.05, 0.1) is 4.92 Å². The predicted octanol–water partition coefficient (Wildman–Crippen LogP) is 3.78. The van der Waals surface area contributed by atoms with Gasteiger partial charge in [-0.1, -0.05) is 18.2 Å². The van der Waals surface area contributed by atoms with Crippen molar-refractivity contribution < 1.29 is 14.5 Å². The standard InChI is InChI=1S/C15H13NO4S/c17-15(21)9-6-11-10-13(7-8-14(11)16(18)19)20-12-4-2-1-3-5-12/h1-5,7-8,10H,6,9H2,(H,17,21). The summed E-state index contributed by atoms with van der Waals surface area (Å²) in [4.78, 5) is 21.5. The van der Waals surface area contributed by atoms with E-state index in [0.717, 1.165) is 0 Å². The van der Waals surface area contributed by atoms with Crippen LogP contribution in [0.2, 0.25) is 0 Å². The molecule has 5 nitrogen and oxygen atoms in total. The van der Waals surface area contributed by atoms with Gasteiger partial charge in [-0.3, -0.25) is 14.9 Å². The molecule has 6 heteroatoms. The third-order valence-corrected chi connectivity index (χ3v) is 3.06. The quantitative estimate of drug-likeness (QED) is 0.501. The summed E-state index contributed by atoms with van der Waals surface area (Å²) in [6, 6.07) is 13.6. The maximum Gasteiger partial charge on any atom is 0.272 e. The number of carbonyl (C=O) groups excluding carboxylic acids is 1. The van der Waals surface area contributed by atoms with E-state index in [4.69, 9.17) is 4.74 Å². The Kier molecular flexibility index (Phi) is 4.94. The van der Waals surface area contributed by atoms with Gasteiger partial charge in [0.2, 0.25) is 0 Å². The first kappa shape index (κ1) is 15.1. The first-order chi connectivity index (χ1) is 10.1. The summed E-state index contributed by atoms with van der Waals surface area (Å²) in [6.45, 7) is 0. The van der Waals surface area contributed by atoms with E-state index in [2.05, 4.69) is 12.6 Å². The Morgan fingerprint density at radius 2 is 1.86 bits per heavy atom. The summed E-state index contributed by atoms with van der Waals surface area (Å²) in [7, 11) is 0. The highest BCUT2D eigenvalue weighted by Crippen LogP contribution is 2.28. The number of hydrogen-bond donors (Lipinski definition) is 1. The van der Waals surface area contributed by atoms with E-state index in [1.807, 2.05) is 18.2 Å². The number of hydrogen-bond acceptors (Lipinski definition) is 4. The number of thiol groups is 1. The summed E-state index contributed by atoms with van der Waals surface area (Å²) < 4.78 is 5.63. The average molecular weight is 303 g/mol. The molecule has 0 aliphatic carbocycles. The van der Waals surface area contributed by atoms with E-state index < -0.39 is 4.92 Å². The molecule has 0 aromatic heterocycles. The molecule has 2 aromatic carbocycles. The van der Waals surface area contributed by atoms with E-state index in [1.165, 1.54) is 12.1 Å². The van der Waals surface area contributed by atoms with Gasteiger partial charge < -0.3 is 4.74 Å². The molecule has 0 spiro atoms. The molecule has 0 aliphatic heterocycles. The van der Waals surface area contributed by atoms with Crippen molar-refractivity contribution in [2.75, 3.05) is 0 Å². The Balaban J connectivity index is 2.25. The molecule has 0 atom stereocenters. The molecule has 0 radical (unpaired) electrons. The van der Waals surface area contributed by atoms with Crippen LogP contribution in [0, 0.1) is 10.1 Å². The largest absolute Gasteiger partial charge is 0.457 e. The van der Waals surface area contributed by atoms with Crippen molar-refractivity contribution in [3.8, 4) is 11.5 Å². The van der Waals surface area contributed by atoms with Gasteiger partial charge in [-0.2, -0.15) is 0 Å². The Morgan fingerprint density at radius 3 is 2.48 bits per heavy atom. The smallest absolute Gasteiger partial charge is 0.272 e. The van der Waals surface area contributed by atoms with Crippen LogP contribution in [0.25, 0.3) is 0 Å². The number of rotatable bonds is 6. The third-order valence-electron chi connectivity index (χ3n) is 2.83. The molecule has 0 saturated heterocycles. The zero-order valence-electron chi connectivity index (χ0n) is 11.1. The van der Waals surface area contributed by atoms with Crippen LogP contribution in [-0.4, -0.2) is 10.0 Å². The van der Waals surface area contributed by atoms with Crippen LogP contribution in [0.5, 0.6) is 11.5 Å². The van der Waals surface area contributed by atoms with Crippen molar-refractivity contribution in [1.29, 1.82) is 0 Å². The maximum absolute atomic E-state index is 11.0. The van der Waals surface area contributed by atoms with Crippen LogP contribution in [0.15, 0.2) is 48.5 Å². The van der Waals surface area contributed by atoms with Gasteiger partial charge >= 0.3 is 0 Å². The van der Waals surface area contributed by atoms with Gasteiger partial charge in [0.1, 0.15) is 11.5 Å². The Morgan fingerprint density at radius 1 is 1.14 bits per heavy atom. The Bertz CT molecular complexity index is 658. The molecule has 0 amide bonds. The molecular weight excluding hydrogens is 290 g/mol. The lowest BCUT2D eigenvalue weighted by Gasteiger charge is -2.08. The average Bonchev–Trinajstić information content (AvgIpc) is 2.46. The minimum atomic E-state index is -0.468. The highest BCUT2D eigenvalue weighted by atomic mass is 32.1. The fourth-order valence-corrected chi connectivity index (χ4v) is 1.98. The molecule has 0 aliphatic rings. The summed E-state index contributed by atoms with van der Waals surface area (Å²) in [6.07, 6.45) is 0.392. The number of ether oxygens (including phenoxy) is 1. The lowest BCUT2D eigenvalue weighted by molar-refractivity contribution is -0.385. The molecule has 0 bridgehead atoms. The fourth-order valence-electron chi connectivity index (χ4n) is 1.87. The van der Waals surface area contributed by atoms with Crippen LogP contribution in [0.4, 0.5) is 5.69 Å². The molecule has 0 saturated carbocycles. The van der Waals surface area contributed by atoms with Gasteiger partial charge in [0, 0.05) is 18.1 Å². The number of aryl methyl sites for hydroxylation is 1. The zero-order chi connectivity index (χ0) is 15.2. The molecular formula is C15H13NO4S. The molecule has 21 heavy (non-hydrogen) atoms. The summed E-state index contributed by atoms with van der Waals surface area (Å²) >= 11 is 3.68. The summed E-state index contributed by atoms with van der Waals surface area (Å²) in [5.41, 5.74) is 0.431. The van der Waals surface area contributed by atoms with Crippen molar-refractivity contribution in [2.45, 2.75) is 12.8 Å². The van der Waals surface area contributed by atoms with Crippen molar-refractivity contribution in [2.24, 2.45) is 0 Å². The second kappa shape index (κ2) is 6.90. The number of nitrogens with zero attached hydrogens (tertiary/aromatic N) is 1. The number of carbonyl (C=O) groups is 1. The molecule has 0 unspecified atom stereocenters. The SMILES string of the molecule is O=C(S)CCc1cc(Oc2ccccc2)ccc1[N+](=O)[O-]. The van der Waals surface area contributed by atoms with Crippen LogP contribution in [0.1, 0.15) is 12.0 Å². The molecule has 0 fully saturated rings. The summed E-state index contributed by atoms with van der Waals surface area (Å²) in [5.74, 6) is 1.14. The van der Waals surface area contributed by atoms with E-state index in [1.54, 1.807) is 18.2 Å². The van der Waals surface area contributed by atoms with E-state index in [-0.39, 0.29) is 23.6 Å². The second-order valence-electron chi connectivity index (χ2n) is 4.36. The fraction of sp³-hybridized carbons (Fsp3) is 0.133. The highest BCUT2D eigenvalue weighted by molar-refractivity contribution is 7.96. The number of nitro groups is 1. The normalized spacial score (nSPS) is 10.1. The summed E-state index contributed by atoms with van der Waals surface area (Å²) in [5, 5.41) is 10.7. The van der Waals surface area contributed by atoms with E-state index >= 15 is 0 Å². The van der Waals surface area contributed by atoms with Gasteiger partial charge in [-0.05, 0) is 30.7 Å². The topological polar surface area (TPSA) is 69.4 Å². The molecule has 2 aromatic rings. The lowest BCUT2D eigenvalue weighted by Crippen LogP contribution is -1.99. The van der Waals surface area contributed by atoms with Crippen molar-refractivity contribution in [1.82, 2.24) is 0 Å². The molecule has 0 heterocycles. The van der Waals surface area contributed by atoms with Crippen LogP contribution < -0.4 is 4.74 Å². The Hall–Kier alpha value is -2.34. The second-order valence-corrected chi connectivity index (χ2v) is 4.86. The van der Waals surface area contributed by atoms with E-state index in [0.29, 0.717) is 17.1 Å². The minimum absolute atomic E-state index is 0.0232. The van der Waals surface area contributed by atoms with E-state index in [9.17, 15) is 14.9 Å². The third kappa shape index (κ3) is 4.32. The van der Waals surface area contributed by atoms with Crippen molar-refractivity contribution in [3.05, 3.63) is 64.2 Å². The lowest BCUT2D eigenvalue weighted by atomic mass is 10.1. The van der Waals surface area contributed by atoms with Crippen LogP contribution in [0.3, 0.4) is 0 Å².